The lowest BCUT2D eigenvalue weighted by Gasteiger charge is -2.19. The van der Waals surface area contributed by atoms with Gasteiger partial charge in [0.1, 0.15) is 0 Å². The van der Waals surface area contributed by atoms with Crippen LogP contribution in [0.15, 0.2) is 12.1 Å². The van der Waals surface area contributed by atoms with E-state index in [0.717, 1.165) is 45.6 Å². The number of carbonyl (C=O) groups excluding carboxylic acids is 1. The van der Waals surface area contributed by atoms with Crippen molar-refractivity contribution in [2.24, 2.45) is 0 Å². The Bertz CT molecular complexity index is 549. The van der Waals surface area contributed by atoms with Gasteiger partial charge >= 0.3 is 6.09 Å². The summed E-state index contributed by atoms with van der Waals surface area (Å²) >= 11 is 0. The molecule has 1 aliphatic rings. The van der Waals surface area contributed by atoms with Gasteiger partial charge in [0.25, 0.3) is 0 Å². The number of hydrogen-bond donors (Lipinski definition) is 2. The van der Waals surface area contributed by atoms with Gasteiger partial charge in [0, 0.05) is 31.8 Å². The molecule has 0 atom stereocenters. The van der Waals surface area contributed by atoms with E-state index in [1.54, 1.807) is 12.1 Å². The number of benzene rings is 1. The van der Waals surface area contributed by atoms with E-state index >= 15 is 0 Å². The highest BCUT2D eigenvalue weighted by atomic mass is 16.5. The molecule has 0 aromatic heterocycles. The maximum absolute atomic E-state index is 12.0. The van der Waals surface area contributed by atoms with Crippen LogP contribution in [-0.4, -0.2) is 71.7 Å². The number of nitrogens with one attached hydrogen (secondary N) is 2. The SMILES string of the molecule is COc1cc(NC(=O)OCCCN2CCCNCC2)cc(OC)c1OC. The average molecular weight is 367 g/mol. The van der Waals surface area contributed by atoms with Crippen LogP contribution in [0, 0.1) is 0 Å². The second-order valence-corrected chi connectivity index (χ2v) is 5.97. The van der Waals surface area contributed by atoms with E-state index in [9.17, 15) is 4.79 Å². The largest absolute Gasteiger partial charge is 0.493 e. The molecule has 2 N–H and O–H groups in total. The summed E-state index contributed by atoms with van der Waals surface area (Å²) in [6.07, 6.45) is 1.46. The van der Waals surface area contributed by atoms with Gasteiger partial charge in [0.05, 0.1) is 33.6 Å². The minimum Gasteiger partial charge on any atom is -0.493 e. The van der Waals surface area contributed by atoms with Crippen molar-refractivity contribution in [3.63, 3.8) is 0 Å². The van der Waals surface area contributed by atoms with Crippen LogP contribution in [0.25, 0.3) is 0 Å². The number of nitrogens with zero attached hydrogens (tertiary/aromatic N) is 1. The molecule has 0 spiro atoms. The normalized spacial score (nSPS) is 15.0. The third-order valence-corrected chi connectivity index (χ3v) is 4.20. The van der Waals surface area contributed by atoms with Gasteiger partial charge in [-0.2, -0.15) is 0 Å². The summed E-state index contributed by atoms with van der Waals surface area (Å²) < 4.78 is 21.1. The van der Waals surface area contributed by atoms with Gasteiger partial charge in [-0.25, -0.2) is 4.79 Å². The van der Waals surface area contributed by atoms with Gasteiger partial charge in [-0.1, -0.05) is 0 Å². The molecule has 1 aliphatic heterocycles. The third-order valence-electron chi connectivity index (χ3n) is 4.20. The standard InChI is InChI=1S/C18H29N3O5/c1-23-15-12-14(13-16(24-2)17(15)25-3)20-18(22)26-11-5-9-21-8-4-6-19-7-10-21/h12-13,19H,4-11H2,1-3H3,(H,20,22). The van der Waals surface area contributed by atoms with Crippen molar-refractivity contribution in [1.82, 2.24) is 10.2 Å². The molecule has 26 heavy (non-hydrogen) atoms. The number of ether oxygens (including phenoxy) is 4. The minimum atomic E-state index is -0.503. The van der Waals surface area contributed by atoms with Crippen LogP contribution in [0.2, 0.25) is 0 Å². The van der Waals surface area contributed by atoms with Crippen LogP contribution in [0.1, 0.15) is 12.8 Å². The molecule has 8 heteroatoms. The lowest BCUT2D eigenvalue weighted by Crippen LogP contribution is -2.30. The summed E-state index contributed by atoms with van der Waals surface area (Å²) in [5, 5.41) is 6.06. The predicted molar refractivity (Wildman–Crippen MR) is 99.6 cm³/mol. The molecular weight excluding hydrogens is 338 g/mol. The Labute approximate surface area is 154 Å². The van der Waals surface area contributed by atoms with Crippen molar-refractivity contribution >= 4 is 11.8 Å². The van der Waals surface area contributed by atoms with E-state index in [0.29, 0.717) is 29.5 Å². The van der Waals surface area contributed by atoms with Crippen molar-refractivity contribution in [2.45, 2.75) is 12.8 Å². The maximum Gasteiger partial charge on any atom is 0.411 e. The fourth-order valence-corrected chi connectivity index (χ4v) is 2.89. The summed E-state index contributed by atoms with van der Waals surface area (Å²) in [5.74, 6) is 1.41. The summed E-state index contributed by atoms with van der Waals surface area (Å²) in [7, 11) is 4.58. The van der Waals surface area contributed by atoms with Crippen LogP contribution in [0.4, 0.5) is 10.5 Å². The first-order chi connectivity index (χ1) is 12.7. The van der Waals surface area contributed by atoms with E-state index in [-0.39, 0.29) is 0 Å². The van der Waals surface area contributed by atoms with Gasteiger partial charge in [-0.05, 0) is 25.9 Å². The molecule has 0 radical (unpaired) electrons. The van der Waals surface area contributed by atoms with E-state index in [1.807, 2.05) is 0 Å². The van der Waals surface area contributed by atoms with Crippen molar-refractivity contribution in [1.29, 1.82) is 0 Å². The summed E-state index contributed by atoms with van der Waals surface area (Å²) in [4.78, 5) is 14.4. The first-order valence-corrected chi connectivity index (χ1v) is 8.84. The van der Waals surface area contributed by atoms with Gasteiger partial charge in [0.15, 0.2) is 11.5 Å². The molecule has 0 unspecified atom stereocenters. The Balaban J connectivity index is 1.80. The van der Waals surface area contributed by atoms with Crippen LogP contribution in [-0.2, 0) is 4.74 Å². The molecule has 146 valence electrons. The van der Waals surface area contributed by atoms with Gasteiger partial charge < -0.3 is 29.2 Å². The zero-order chi connectivity index (χ0) is 18.8. The quantitative estimate of drug-likeness (QED) is 0.680. The van der Waals surface area contributed by atoms with E-state index in [4.69, 9.17) is 18.9 Å². The maximum atomic E-state index is 12.0. The molecule has 1 aromatic carbocycles. The fraction of sp³-hybridized carbons (Fsp3) is 0.611. The fourth-order valence-electron chi connectivity index (χ4n) is 2.89. The van der Waals surface area contributed by atoms with Crippen molar-refractivity contribution < 1.29 is 23.7 Å². The first kappa shape index (κ1) is 20.1. The summed E-state index contributed by atoms with van der Waals surface area (Å²) in [5.41, 5.74) is 0.517. The number of anilines is 1. The zero-order valence-electron chi connectivity index (χ0n) is 15.8. The Morgan fingerprint density at radius 2 is 1.85 bits per heavy atom. The molecule has 1 aromatic rings. The first-order valence-electron chi connectivity index (χ1n) is 8.84. The predicted octanol–water partition coefficient (Wildman–Crippen LogP) is 1.95. The third kappa shape index (κ3) is 5.96. The van der Waals surface area contributed by atoms with E-state index < -0.39 is 6.09 Å². The minimum absolute atomic E-state index is 0.375. The second kappa shape index (κ2) is 10.7. The summed E-state index contributed by atoms with van der Waals surface area (Å²) in [6, 6.07) is 3.32. The number of rotatable bonds is 8. The van der Waals surface area contributed by atoms with Crippen LogP contribution < -0.4 is 24.8 Å². The molecule has 1 fully saturated rings. The van der Waals surface area contributed by atoms with Crippen LogP contribution in [0.5, 0.6) is 17.2 Å². The Hall–Kier alpha value is -2.19. The second-order valence-electron chi connectivity index (χ2n) is 5.97. The van der Waals surface area contributed by atoms with E-state index in [2.05, 4.69) is 15.5 Å². The number of amides is 1. The lowest BCUT2D eigenvalue weighted by molar-refractivity contribution is 0.153. The molecule has 1 amide bonds. The highest BCUT2D eigenvalue weighted by Crippen LogP contribution is 2.39. The highest BCUT2D eigenvalue weighted by molar-refractivity contribution is 5.85. The number of hydrogen-bond acceptors (Lipinski definition) is 7. The molecule has 2 rings (SSSR count). The topological polar surface area (TPSA) is 81.3 Å². The van der Waals surface area contributed by atoms with E-state index in [1.165, 1.54) is 21.3 Å². The molecular formula is C18H29N3O5. The molecule has 0 bridgehead atoms. The number of methoxy groups -OCH3 is 3. The average Bonchev–Trinajstić information content (AvgIpc) is 2.93. The molecule has 1 saturated heterocycles. The lowest BCUT2D eigenvalue weighted by atomic mass is 10.2. The monoisotopic (exact) mass is 367 g/mol. The molecule has 0 aliphatic carbocycles. The Morgan fingerprint density at radius 3 is 2.50 bits per heavy atom. The smallest absolute Gasteiger partial charge is 0.411 e. The van der Waals surface area contributed by atoms with Crippen LogP contribution in [0.3, 0.4) is 0 Å². The Morgan fingerprint density at radius 1 is 1.12 bits per heavy atom. The van der Waals surface area contributed by atoms with Gasteiger partial charge in [-0.15, -0.1) is 0 Å². The zero-order valence-corrected chi connectivity index (χ0v) is 15.8. The molecule has 8 nitrogen and oxygen atoms in total. The van der Waals surface area contributed by atoms with Crippen molar-refractivity contribution in [3.05, 3.63) is 12.1 Å². The van der Waals surface area contributed by atoms with Crippen molar-refractivity contribution in [3.8, 4) is 17.2 Å². The molecule has 1 heterocycles. The Kier molecular flexibility index (Phi) is 8.30. The van der Waals surface area contributed by atoms with Gasteiger partial charge in [-0.3, -0.25) is 5.32 Å². The molecule has 0 saturated carbocycles. The summed E-state index contributed by atoms with van der Waals surface area (Å²) in [6.45, 7) is 5.52. The van der Waals surface area contributed by atoms with Crippen LogP contribution >= 0.6 is 0 Å². The highest BCUT2D eigenvalue weighted by Gasteiger charge is 2.15. The van der Waals surface area contributed by atoms with Gasteiger partial charge in [0.2, 0.25) is 5.75 Å². The number of carbonyl (C=O) groups is 1. The van der Waals surface area contributed by atoms with Crippen molar-refractivity contribution in [2.75, 3.05) is 66.0 Å².